The zero-order valence-electron chi connectivity index (χ0n) is 8.70. The van der Waals surface area contributed by atoms with Crippen LogP contribution in [0.25, 0.3) is 0 Å². The summed E-state index contributed by atoms with van der Waals surface area (Å²) in [7, 11) is 0. The van der Waals surface area contributed by atoms with Gasteiger partial charge in [0, 0.05) is 12.1 Å². The predicted octanol–water partition coefficient (Wildman–Crippen LogP) is 1.91. The van der Waals surface area contributed by atoms with Crippen molar-refractivity contribution in [2.45, 2.75) is 12.7 Å². The van der Waals surface area contributed by atoms with Crippen LogP contribution in [0.4, 0.5) is 13.2 Å². The number of hydrogen-bond donors (Lipinski definition) is 1. The van der Waals surface area contributed by atoms with Gasteiger partial charge in [-0.05, 0) is 11.6 Å². The van der Waals surface area contributed by atoms with Gasteiger partial charge in [-0.25, -0.2) is 0 Å². The van der Waals surface area contributed by atoms with Gasteiger partial charge in [0.15, 0.2) is 5.70 Å². The lowest BCUT2D eigenvalue weighted by Crippen LogP contribution is -2.15. The maximum Gasteiger partial charge on any atom is 0.435 e. The second-order valence-corrected chi connectivity index (χ2v) is 3.51. The zero-order chi connectivity index (χ0) is 12.5. The van der Waals surface area contributed by atoms with Crippen molar-refractivity contribution in [1.82, 2.24) is 5.43 Å². The zero-order valence-corrected chi connectivity index (χ0v) is 8.70. The van der Waals surface area contributed by atoms with Crippen LogP contribution in [0, 0.1) is 0 Å². The van der Waals surface area contributed by atoms with Gasteiger partial charge in [-0.3, -0.25) is 0 Å². The Bertz CT molecular complexity index is 472. The van der Waals surface area contributed by atoms with Crippen LogP contribution in [0.1, 0.15) is 11.1 Å². The lowest BCUT2D eigenvalue weighted by Gasteiger charge is -2.02. The average molecular weight is 240 g/mol. The summed E-state index contributed by atoms with van der Waals surface area (Å²) < 4.78 is 36.9. The molecule has 0 fully saturated rings. The molecule has 1 aromatic carbocycles. The predicted molar refractivity (Wildman–Crippen MR) is 57.1 cm³/mol. The Kier molecular flexibility index (Phi) is 2.89. The van der Waals surface area contributed by atoms with Gasteiger partial charge in [-0.2, -0.15) is 13.2 Å². The van der Waals surface area contributed by atoms with Crippen molar-refractivity contribution in [2.75, 3.05) is 0 Å². The molecule has 1 aliphatic rings. The van der Waals surface area contributed by atoms with Gasteiger partial charge >= 0.3 is 6.18 Å². The molecule has 0 saturated carbocycles. The molecular formula is C11H9F3N3. The normalized spacial score (nSPS) is 15.3. The number of allylic oxidation sites excluding steroid dienone is 2. The fraction of sp³-hybridized carbons (Fsp3) is 0.182. The molecule has 0 unspecified atom stereocenters. The van der Waals surface area contributed by atoms with Crippen LogP contribution in [0.5, 0.6) is 0 Å². The molecule has 0 aromatic heterocycles. The van der Waals surface area contributed by atoms with E-state index in [0.29, 0.717) is 12.1 Å². The van der Waals surface area contributed by atoms with Crippen LogP contribution in [-0.4, -0.2) is 11.9 Å². The van der Waals surface area contributed by atoms with Crippen molar-refractivity contribution in [1.29, 1.82) is 0 Å². The number of nitrogens with two attached hydrogens (primary N) is 1. The summed E-state index contributed by atoms with van der Waals surface area (Å²) in [5.74, 6) is 0. The summed E-state index contributed by atoms with van der Waals surface area (Å²) in [5, 5.41) is 3.51. The lowest BCUT2D eigenvalue weighted by molar-refractivity contribution is -0.0964. The highest BCUT2D eigenvalue weighted by atomic mass is 19.4. The molecule has 0 spiro atoms. The third kappa shape index (κ3) is 2.47. The number of benzene rings is 1. The van der Waals surface area contributed by atoms with Crippen LogP contribution in [0.3, 0.4) is 0 Å². The van der Waals surface area contributed by atoms with Crippen LogP contribution >= 0.6 is 0 Å². The summed E-state index contributed by atoms with van der Waals surface area (Å²) in [6.07, 6.45) is -3.53. The smallest absolute Gasteiger partial charge is 0.326 e. The van der Waals surface area contributed by atoms with Gasteiger partial charge in [0.05, 0.1) is 5.71 Å². The van der Waals surface area contributed by atoms with E-state index in [9.17, 15) is 13.2 Å². The molecule has 0 bridgehead atoms. The minimum Gasteiger partial charge on any atom is -0.326 e. The molecular weight excluding hydrogens is 231 g/mol. The first-order valence-electron chi connectivity index (χ1n) is 4.87. The van der Waals surface area contributed by atoms with E-state index in [0.717, 1.165) is 11.6 Å². The highest BCUT2D eigenvalue weighted by Gasteiger charge is 2.37. The molecule has 89 valence electrons. The molecule has 17 heavy (non-hydrogen) atoms. The molecule has 6 heteroatoms. The highest BCUT2D eigenvalue weighted by molar-refractivity contribution is 6.10. The van der Waals surface area contributed by atoms with Gasteiger partial charge in [0.25, 0.3) is 0 Å². The molecule has 2 N–H and O–H groups in total. The summed E-state index contributed by atoms with van der Waals surface area (Å²) in [6, 6.07) is 6.84. The minimum absolute atomic E-state index is 0.209. The van der Waals surface area contributed by atoms with Gasteiger partial charge in [0.2, 0.25) is 0 Å². The molecule has 1 heterocycles. The highest BCUT2D eigenvalue weighted by Crippen LogP contribution is 2.27. The fourth-order valence-corrected chi connectivity index (χ4v) is 1.39. The maximum absolute atomic E-state index is 12.3. The summed E-state index contributed by atoms with van der Waals surface area (Å²) in [6.45, 7) is 0.390. The third-order valence-corrected chi connectivity index (χ3v) is 2.31. The first kappa shape index (κ1) is 11.7. The van der Waals surface area contributed by atoms with Crippen LogP contribution in [-0.2, 0) is 6.54 Å². The molecule has 0 aliphatic carbocycles. The maximum atomic E-state index is 12.3. The fourth-order valence-electron chi connectivity index (χ4n) is 1.39. The molecule has 1 aromatic rings. The number of alkyl halides is 3. The van der Waals surface area contributed by atoms with E-state index in [4.69, 9.17) is 5.73 Å². The van der Waals surface area contributed by atoms with E-state index in [2.05, 4.69) is 10.5 Å². The molecule has 2 rings (SSSR count). The van der Waals surface area contributed by atoms with Crippen molar-refractivity contribution in [2.24, 2.45) is 10.8 Å². The lowest BCUT2D eigenvalue weighted by atomic mass is 10.1. The molecule has 1 radical (unpaired) electrons. The number of rotatable bonds is 2. The third-order valence-electron chi connectivity index (χ3n) is 2.31. The van der Waals surface area contributed by atoms with Crippen LogP contribution in [0.2, 0.25) is 0 Å². The van der Waals surface area contributed by atoms with E-state index >= 15 is 0 Å². The topological polar surface area (TPSA) is 52.5 Å². The second kappa shape index (κ2) is 4.21. The quantitative estimate of drug-likeness (QED) is 0.843. The molecule has 0 saturated heterocycles. The second-order valence-electron chi connectivity index (χ2n) is 3.51. The number of hydrogen-bond acceptors (Lipinski definition) is 2. The summed E-state index contributed by atoms with van der Waals surface area (Å²) in [4.78, 5) is 0. The van der Waals surface area contributed by atoms with Crippen molar-refractivity contribution >= 4 is 5.71 Å². The van der Waals surface area contributed by atoms with E-state index in [1.165, 1.54) is 0 Å². The largest absolute Gasteiger partial charge is 0.435 e. The Hall–Kier alpha value is -1.82. The van der Waals surface area contributed by atoms with Gasteiger partial charge in [-0.15, -0.1) is 10.5 Å². The van der Waals surface area contributed by atoms with Crippen molar-refractivity contribution in [3.8, 4) is 0 Å². The van der Waals surface area contributed by atoms with E-state index in [-0.39, 0.29) is 5.71 Å². The summed E-state index contributed by atoms with van der Waals surface area (Å²) >= 11 is 0. The molecule has 1 aliphatic heterocycles. The Morgan fingerprint density at radius 2 is 1.76 bits per heavy atom. The SMILES string of the molecule is NCc1ccc(C2=N[N]C(C(F)(F)F)=C2)cc1. The van der Waals surface area contributed by atoms with Crippen LogP contribution < -0.4 is 11.2 Å². The Morgan fingerprint density at radius 3 is 2.24 bits per heavy atom. The van der Waals surface area contributed by atoms with Gasteiger partial charge in [-0.1, -0.05) is 24.3 Å². The van der Waals surface area contributed by atoms with Gasteiger partial charge < -0.3 is 5.73 Å². The monoisotopic (exact) mass is 240 g/mol. The standard InChI is InChI=1S/C11H9F3N3/c12-11(13,14)10-5-9(16-17-10)8-3-1-7(6-15)2-4-8/h1-5H,6,15H2. The molecule has 0 amide bonds. The number of halogens is 3. The molecule has 3 nitrogen and oxygen atoms in total. The van der Waals surface area contributed by atoms with Crippen molar-refractivity contribution in [3.05, 3.63) is 47.2 Å². The van der Waals surface area contributed by atoms with Gasteiger partial charge in [0.1, 0.15) is 0 Å². The van der Waals surface area contributed by atoms with E-state index in [1.54, 1.807) is 24.3 Å². The Balaban J connectivity index is 2.22. The Labute approximate surface area is 95.8 Å². The van der Waals surface area contributed by atoms with Crippen molar-refractivity contribution < 1.29 is 13.2 Å². The first-order valence-corrected chi connectivity index (χ1v) is 4.87. The number of nitrogens with zero attached hydrogens (tertiary/aromatic N) is 2. The first-order chi connectivity index (χ1) is 8.00. The van der Waals surface area contributed by atoms with Crippen molar-refractivity contribution in [3.63, 3.8) is 0 Å². The summed E-state index contributed by atoms with van der Waals surface area (Å²) in [5.41, 5.74) is 9.26. The molecule has 0 atom stereocenters. The van der Waals surface area contributed by atoms with E-state index < -0.39 is 11.9 Å². The Morgan fingerprint density at radius 1 is 1.12 bits per heavy atom. The van der Waals surface area contributed by atoms with Crippen LogP contribution in [0.15, 0.2) is 41.1 Å². The average Bonchev–Trinajstić information content (AvgIpc) is 2.78. The minimum atomic E-state index is -4.46. The van der Waals surface area contributed by atoms with E-state index in [1.807, 2.05) is 0 Å².